The summed E-state index contributed by atoms with van der Waals surface area (Å²) in [7, 11) is 0. The van der Waals surface area contributed by atoms with Crippen molar-refractivity contribution in [2.75, 3.05) is 17.8 Å². The Morgan fingerprint density at radius 1 is 1.12 bits per heavy atom. The van der Waals surface area contributed by atoms with Crippen LogP contribution in [0.4, 0.5) is 0 Å². The average molecular weight is 503 g/mol. The lowest BCUT2D eigenvalue weighted by molar-refractivity contribution is -0.142. The number of amides is 3. The standard InChI is InChI=1S/C20H34N6O5S2/c1-11(2)6-15(25-17(27)13(21)7-12-8-22-10-23-12)18(28)26-16(9-32)19(29)24-14(20(30)31)4-5-33-3/h8,10-11,13-16,32H,4-7,9,21H2,1-3H3,(H,22,23)(H,24,29)(H,25,27)(H,26,28)(H,30,31). The number of nitrogens with two attached hydrogens (primary N) is 1. The Bertz CT molecular complexity index is 777. The predicted octanol–water partition coefficient (Wildman–Crippen LogP) is -0.452. The van der Waals surface area contributed by atoms with E-state index in [9.17, 15) is 24.3 Å². The summed E-state index contributed by atoms with van der Waals surface area (Å²) >= 11 is 5.58. The maximum absolute atomic E-state index is 12.9. The molecule has 0 saturated carbocycles. The molecule has 13 heteroatoms. The first kappa shape index (κ1) is 28.8. The van der Waals surface area contributed by atoms with E-state index in [1.807, 2.05) is 20.1 Å². The topological polar surface area (TPSA) is 179 Å². The summed E-state index contributed by atoms with van der Waals surface area (Å²) in [5.74, 6) is -2.33. The van der Waals surface area contributed by atoms with Crippen molar-refractivity contribution < 1.29 is 24.3 Å². The number of thioether (sulfide) groups is 1. The van der Waals surface area contributed by atoms with E-state index in [2.05, 4.69) is 38.5 Å². The molecule has 0 bridgehead atoms. The highest BCUT2D eigenvalue weighted by atomic mass is 32.2. The van der Waals surface area contributed by atoms with E-state index in [0.717, 1.165) is 0 Å². The first-order valence-corrected chi connectivity index (χ1v) is 12.6. The minimum atomic E-state index is -1.15. The van der Waals surface area contributed by atoms with Gasteiger partial charge in [0, 0.05) is 24.1 Å². The van der Waals surface area contributed by atoms with Crippen LogP contribution in [0.25, 0.3) is 0 Å². The number of aromatic amines is 1. The minimum Gasteiger partial charge on any atom is -0.480 e. The monoisotopic (exact) mass is 502 g/mol. The fourth-order valence-corrected chi connectivity index (χ4v) is 3.67. The number of carbonyl (C=O) groups excluding carboxylic acids is 3. The number of nitrogens with zero attached hydrogens (tertiary/aromatic N) is 1. The van der Waals surface area contributed by atoms with Gasteiger partial charge < -0.3 is 31.8 Å². The minimum absolute atomic E-state index is 0.0475. The van der Waals surface area contributed by atoms with Crippen LogP contribution in [0.1, 0.15) is 32.4 Å². The van der Waals surface area contributed by atoms with E-state index in [1.54, 1.807) is 6.20 Å². The third-order valence-corrected chi connectivity index (χ3v) is 5.72. The quantitative estimate of drug-likeness (QED) is 0.158. The van der Waals surface area contributed by atoms with Gasteiger partial charge in [-0.05, 0) is 30.8 Å². The van der Waals surface area contributed by atoms with Gasteiger partial charge in [-0.1, -0.05) is 13.8 Å². The number of aliphatic carboxylic acids is 1. The Morgan fingerprint density at radius 3 is 2.24 bits per heavy atom. The van der Waals surface area contributed by atoms with E-state index in [4.69, 9.17) is 5.73 Å². The molecule has 33 heavy (non-hydrogen) atoms. The number of nitrogens with one attached hydrogen (secondary N) is 4. The third-order valence-electron chi connectivity index (χ3n) is 4.71. The molecule has 1 aromatic heterocycles. The fourth-order valence-electron chi connectivity index (χ4n) is 2.94. The molecule has 3 amide bonds. The van der Waals surface area contributed by atoms with Gasteiger partial charge in [0.2, 0.25) is 17.7 Å². The van der Waals surface area contributed by atoms with Crippen LogP contribution in [0, 0.1) is 5.92 Å². The van der Waals surface area contributed by atoms with Crippen molar-refractivity contribution in [3.8, 4) is 0 Å². The van der Waals surface area contributed by atoms with E-state index >= 15 is 0 Å². The number of hydrogen-bond donors (Lipinski definition) is 7. The zero-order valence-corrected chi connectivity index (χ0v) is 20.7. The van der Waals surface area contributed by atoms with E-state index < -0.39 is 47.9 Å². The van der Waals surface area contributed by atoms with Crippen molar-refractivity contribution in [1.29, 1.82) is 0 Å². The Hall–Kier alpha value is -2.25. The first-order chi connectivity index (χ1) is 15.6. The summed E-state index contributed by atoms with van der Waals surface area (Å²) in [6.07, 6.45) is 5.66. The van der Waals surface area contributed by atoms with Gasteiger partial charge in [0.25, 0.3) is 0 Å². The van der Waals surface area contributed by atoms with Crippen LogP contribution < -0.4 is 21.7 Å². The molecule has 0 aromatic carbocycles. The second kappa shape index (κ2) is 14.8. The maximum atomic E-state index is 12.9. The Kier molecular flexibility index (Phi) is 12.9. The number of H-pyrrole nitrogens is 1. The summed E-state index contributed by atoms with van der Waals surface area (Å²) in [6.45, 7) is 3.78. The van der Waals surface area contributed by atoms with Crippen LogP contribution in [0.5, 0.6) is 0 Å². The van der Waals surface area contributed by atoms with Gasteiger partial charge in [0.05, 0.1) is 12.4 Å². The number of hydrogen-bond acceptors (Lipinski definition) is 8. The van der Waals surface area contributed by atoms with Gasteiger partial charge in [-0.15, -0.1) is 0 Å². The van der Waals surface area contributed by atoms with Crippen LogP contribution >= 0.6 is 24.4 Å². The molecule has 1 rings (SSSR count). The second-order valence-electron chi connectivity index (χ2n) is 8.00. The van der Waals surface area contributed by atoms with Gasteiger partial charge >= 0.3 is 5.97 Å². The lowest BCUT2D eigenvalue weighted by atomic mass is 10.0. The summed E-state index contributed by atoms with van der Waals surface area (Å²) < 4.78 is 0. The highest BCUT2D eigenvalue weighted by Gasteiger charge is 2.30. The normalized spacial score (nSPS) is 14.7. The van der Waals surface area contributed by atoms with Crippen molar-refractivity contribution in [3.63, 3.8) is 0 Å². The Balaban J connectivity index is 2.80. The van der Waals surface area contributed by atoms with Gasteiger partial charge in [-0.25, -0.2) is 9.78 Å². The zero-order chi connectivity index (χ0) is 25.0. The number of rotatable bonds is 15. The van der Waals surface area contributed by atoms with Crippen molar-refractivity contribution in [1.82, 2.24) is 25.9 Å². The number of thiol groups is 1. The lowest BCUT2D eigenvalue weighted by Crippen LogP contribution is -2.58. The Labute approximate surface area is 203 Å². The smallest absolute Gasteiger partial charge is 0.326 e. The molecule has 0 radical (unpaired) electrons. The fraction of sp³-hybridized carbons (Fsp3) is 0.650. The van der Waals surface area contributed by atoms with E-state index in [1.165, 1.54) is 18.1 Å². The van der Waals surface area contributed by atoms with Crippen molar-refractivity contribution in [3.05, 3.63) is 18.2 Å². The van der Waals surface area contributed by atoms with Crippen LogP contribution in [-0.4, -0.2) is 80.7 Å². The van der Waals surface area contributed by atoms with E-state index in [0.29, 0.717) is 17.9 Å². The SMILES string of the molecule is CSCCC(NC(=O)C(CS)NC(=O)C(CC(C)C)NC(=O)C(N)Cc1cnc[nH]1)C(=O)O. The van der Waals surface area contributed by atoms with Crippen molar-refractivity contribution in [2.24, 2.45) is 11.7 Å². The van der Waals surface area contributed by atoms with Gasteiger partial charge in [-0.3, -0.25) is 14.4 Å². The molecule has 0 spiro atoms. The van der Waals surface area contributed by atoms with E-state index in [-0.39, 0.29) is 24.5 Å². The lowest BCUT2D eigenvalue weighted by Gasteiger charge is -2.25. The highest BCUT2D eigenvalue weighted by molar-refractivity contribution is 7.98. The third kappa shape index (κ3) is 10.5. The number of carboxylic acid groups (broad SMARTS) is 1. The molecule has 4 unspecified atom stereocenters. The van der Waals surface area contributed by atoms with Crippen LogP contribution in [0.2, 0.25) is 0 Å². The second-order valence-corrected chi connectivity index (χ2v) is 9.35. The van der Waals surface area contributed by atoms with Crippen molar-refractivity contribution in [2.45, 2.75) is 57.3 Å². The number of carboxylic acids is 1. The molecular weight excluding hydrogens is 468 g/mol. The summed E-state index contributed by atoms with van der Waals surface area (Å²) in [6, 6.07) is -3.96. The molecule has 0 aliphatic rings. The molecule has 0 aliphatic heterocycles. The summed E-state index contributed by atoms with van der Waals surface area (Å²) in [4.78, 5) is 56.2. The van der Waals surface area contributed by atoms with Crippen LogP contribution in [0.3, 0.4) is 0 Å². The molecular formula is C20H34N6O5S2. The molecule has 0 fully saturated rings. The zero-order valence-electron chi connectivity index (χ0n) is 19.0. The molecule has 0 aliphatic carbocycles. The number of imidazole rings is 1. The predicted molar refractivity (Wildman–Crippen MR) is 130 cm³/mol. The average Bonchev–Trinajstić information content (AvgIpc) is 3.26. The molecule has 7 N–H and O–H groups in total. The van der Waals surface area contributed by atoms with Gasteiger partial charge in [-0.2, -0.15) is 24.4 Å². The molecule has 4 atom stereocenters. The molecule has 1 aromatic rings. The number of carbonyl (C=O) groups is 4. The molecule has 186 valence electrons. The van der Waals surface area contributed by atoms with Crippen molar-refractivity contribution >= 4 is 48.1 Å². The van der Waals surface area contributed by atoms with Crippen LogP contribution in [-0.2, 0) is 25.6 Å². The van der Waals surface area contributed by atoms with Crippen LogP contribution in [0.15, 0.2) is 12.5 Å². The molecule has 1 heterocycles. The largest absolute Gasteiger partial charge is 0.480 e. The molecule has 0 saturated heterocycles. The summed E-state index contributed by atoms with van der Waals surface area (Å²) in [5, 5.41) is 17.0. The van der Waals surface area contributed by atoms with Gasteiger partial charge in [0.1, 0.15) is 18.1 Å². The summed E-state index contributed by atoms with van der Waals surface area (Å²) in [5.41, 5.74) is 6.65. The maximum Gasteiger partial charge on any atom is 0.326 e. The highest BCUT2D eigenvalue weighted by Crippen LogP contribution is 2.08. The van der Waals surface area contributed by atoms with Gasteiger partial charge in [0.15, 0.2) is 0 Å². The molecule has 11 nitrogen and oxygen atoms in total. The Morgan fingerprint density at radius 2 is 1.73 bits per heavy atom. The number of aromatic nitrogens is 2. The first-order valence-electron chi connectivity index (χ1n) is 10.6.